The van der Waals surface area contributed by atoms with Gasteiger partial charge in [0.1, 0.15) is 0 Å². The van der Waals surface area contributed by atoms with Crippen molar-refractivity contribution in [1.82, 2.24) is 10.2 Å². The molecular weight excluding hydrogens is 216 g/mol. The molecule has 2 rings (SSSR count). The molecule has 4 nitrogen and oxygen atoms in total. The van der Waals surface area contributed by atoms with Gasteiger partial charge in [0.15, 0.2) is 0 Å². The molecule has 1 amide bonds. The van der Waals surface area contributed by atoms with Gasteiger partial charge in [-0.3, -0.25) is 4.79 Å². The molecule has 0 bridgehead atoms. The maximum Gasteiger partial charge on any atom is 0.236 e. The van der Waals surface area contributed by atoms with Crippen molar-refractivity contribution in [2.75, 3.05) is 26.7 Å². The van der Waals surface area contributed by atoms with Gasteiger partial charge in [0, 0.05) is 26.2 Å². The number of rotatable bonds is 4. The molecule has 0 aromatic heterocycles. The van der Waals surface area contributed by atoms with Crippen LogP contribution in [0.4, 0.5) is 0 Å². The molecule has 1 heterocycles. The van der Waals surface area contributed by atoms with Gasteiger partial charge in [0.05, 0.1) is 12.6 Å². The number of hydrogen-bond donors (Lipinski definition) is 1. The topological polar surface area (TPSA) is 41.6 Å². The summed E-state index contributed by atoms with van der Waals surface area (Å²) in [6, 6.07) is 0.482. The lowest BCUT2D eigenvalue weighted by atomic mass is 9.89. The smallest absolute Gasteiger partial charge is 0.236 e. The van der Waals surface area contributed by atoms with Crippen LogP contribution in [0.3, 0.4) is 0 Å². The minimum Gasteiger partial charge on any atom is -0.381 e. The highest BCUT2D eigenvalue weighted by Gasteiger charge is 2.29. The van der Waals surface area contributed by atoms with Crippen molar-refractivity contribution in [3.8, 4) is 0 Å². The zero-order chi connectivity index (χ0) is 12.1. The van der Waals surface area contributed by atoms with E-state index in [0.717, 1.165) is 25.9 Å². The first kappa shape index (κ1) is 12.8. The molecular formula is C13H24N2O2. The Morgan fingerprint density at radius 3 is 2.47 bits per heavy atom. The summed E-state index contributed by atoms with van der Waals surface area (Å²) in [6.07, 6.45) is 7.38. The van der Waals surface area contributed by atoms with E-state index in [1.54, 1.807) is 7.11 Å². The highest BCUT2D eigenvalue weighted by molar-refractivity contribution is 5.78. The Labute approximate surface area is 104 Å². The molecule has 2 fully saturated rings. The van der Waals surface area contributed by atoms with E-state index in [0.29, 0.717) is 18.7 Å². The van der Waals surface area contributed by atoms with Crippen molar-refractivity contribution in [2.24, 2.45) is 0 Å². The van der Waals surface area contributed by atoms with E-state index in [9.17, 15) is 4.79 Å². The van der Waals surface area contributed by atoms with E-state index in [1.807, 2.05) is 4.90 Å². The van der Waals surface area contributed by atoms with Crippen molar-refractivity contribution in [1.29, 1.82) is 0 Å². The Hall–Kier alpha value is -0.610. The number of hydrogen-bond acceptors (Lipinski definition) is 3. The van der Waals surface area contributed by atoms with E-state index in [-0.39, 0.29) is 5.91 Å². The van der Waals surface area contributed by atoms with Crippen LogP contribution >= 0.6 is 0 Å². The molecule has 17 heavy (non-hydrogen) atoms. The number of carbonyl (C=O) groups excluding carboxylic acids is 1. The molecule has 0 spiro atoms. The molecule has 0 unspecified atom stereocenters. The number of carbonyl (C=O) groups is 1. The zero-order valence-corrected chi connectivity index (χ0v) is 10.8. The van der Waals surface area contributed by atoms with E-state index >= 15 is 0 Å². The average molecular weight is 240 g/mol. The number of likely N-dealkylation sites (tertiary alicyclic amines) is 1. The molecule has 1 aliphatic carbocycles. The molecule has 1 saturated heterocycles. The molecule has 0 atom stereocenters. The van der Waals surface area contributed by atoms with Crippen molar-refractivity contribution in [3.05, 3.63) is 0 Å². The van der Waals surface area contributed by atoms with Gasteiger partial charge in [0.2, 0.25) is 5.91 Å². The maximum absolute atomic E-state index is 12.0. The van der Waals surface area contributed by atoms with Crippen molar-refractivity contribution < 1.29 is 9.53 Å². The van der Waals surface area contributed by atoms with Gasteiger partial charge in [-0.2, -0.15) is 0 Å². The summed E-state index contributed by atoms with van der Waals surface area (Å²) in [5.74, 6) is 0.271. The van der Waals surface area contributed by atoms with Crippen LogP contribution in [-0.4, -0.2) is 49.7 Å². The minimum absolute atomic E-state index is 0.271. The maximum atomic E-state index is 12.0. The highest BCUT2D eigenvalue weighted by Crippen LogP contribution is 2.22. The predicted octanol–water partition coefficient (Wildman–Crippen LogP) is 1.16. The second-order valence-electron chi connectivity index (χ2n) is 5.20. The lowest BCUT2D eigenvalue weighted by Crippen LogP contribution is -2.49. The van der Waals surface area contributed by atoms with Gasteiger partial charge in [-0.05, 0) is 25.7 Å². The summed E-state index contributed by atoms with van der Waals surface area (Å²) >= 11 is 0. The van der Waals surface area contributed by atoms with Crippen LogP contribution in [0.2, 0.25) is 0 Å². The van der Waals surface area contributed by atoms with Gasteiger partial charge in [-0.15, -0.1) is 0 Å². The van der Waals surface area contributed by atoms with Crippen molar-refractivity contribution in [2.45, 2.75) is 50.7 Å². The standard InChI is InChI=1S/C13H24N2O2/c1-17-12-8-11(9-12)14-10-13(16)15-6-4-2-3-5-7-15/h11-12,14H,2-10H2,1H3. The van der Waals surface area contributed by atoms with Gasteiger partial charge in [-0.25, -0.2) is 0 Å². The fraction of sp³-hybridized carbons (Fsp3) is 0.923. The SMILES string of the molecule is COC1CC(NCC(=O)N2CCCCCC2)C1. The van der Waals surface area contributed by atoms with Gasteiger partial charge >= 0.3 is 0 Å². The van der Waals surface area contributed by atoms with Crippen LogP contribution in [0.15, 0.2) is 0 Å². The van der Waals surface area contributed by atoms with E-state index < -0.39 is 0 Å². The zero-order valence-electron chi connectivity index (χ0n) is 10.8. The van der Waals surface area contributed by atoms with Crippen molar-refractivity contribution >= 4 is 5.91 Å². The first-order chi connectivity index (χ1) is 8.29. The quantitative estimate of drug-likeness (QED) is 0.801. The summed E-state index contributed by atoms with van der Waals surface area (Å²) in [5.41, 5.74) is 0. The lowest BCUT2D eigenvalue weighted by molar-refractivity contribution is -0.130. The Morgan fingerprint density at radius 1 is 1.24 bits per heavy atom. The number of ether oxygens (including phenoxy) is 1. The molecule has 0 aromatic rings. The number of methoxy groups -OCH3 is 1. The molecule has 0 radical (unpaired) electrons. The Balaban J connectivity index is 1.63. The monoisotopic (exact) mass is 240 g/mol. The lowest BCUT2D eigenvalue weighted by Gasteiger charge is -2.35. The van der Waals surface area contributed by atoms with Crippen LogP contribution in [0.5, 0.6) is 0 Å². The predicted molar refractivity (Wildman–Crippen MR) is 66.9 cm³/mol. The highest BCUT2D eigenvalue weighted by atomic mass is 16.5. The second-order valence-corrected chi connectivity index (χ2v) is 5.20. The second kappa shape index (κ2) is 6.36. The van der Waals surface area contributed by atoms with E-state index in [1.165, 1.54) is 25.7 Å². The summed E-state index contributed by atoms with van der Waals surface area (Å²) in [5, 5.41) is 3.33. The molecule has 1 aliphatic heterocycles. The van der Waals surface area contributed by atoms with E-state index in [2.05, 4.69) is 5.32 Å². The molecule has 0 aromatic carbocycles. The third-order valence-electron chi connectivity index (χ3n) is 3.93. The number of nitrogens with zero attached hydrogens (tertiary/aromatic N) is 1. The van der Waals surface area contributed by atoms with Crippen LogP contribution in [-0.2, 0) is 9.53 Å². The molecule has 1 N–H and O–H groups in total. The van der Waals surface area contributed by atoms with Gasteiger partial charge < -0.3 is 15.0 Å². The van der Waals surface area contributed by atoms with Crippen LogP contribution in [0, 0.1) is 0 Å². The normalized spacial score (nSPS) is 29.6. The summed E-state index contributed by atoms with van der Waals surface area (Å²) in [7, 11) is 1.75. The van der Waals surface area contributed by atoms with Crippen molar-refractivity contribution in [3.63, 3.8) is 0 Å². The largest absolute Gasteiger partial charge is 0.381 e. The Morgan fingerprint density at radius 2 is 1.88 bits per heavy atom. The van der Waals surface area contributed by atoms with E-state index in [4.69, 9.17) is 4.74 Å². The Kier molecular flexibility index (Phi) is 4.80. The first-order valence-electron chi connectivity index (χ1n) is 6.83. The third kappa shape index (κ3) is 3.68. The average Bonchev–Trinajstić information content (AvgIpc) is 2.55. The molecule has 2 aliphatic rings. The summed E-state index contributed by atoms with van der Waals surface area (Å²) in [6.45, 7) is 2.40. The fourth-order valence-electron chi connectivity index (χ4n) is 2.59. The first-order valence-corrected chi connectivity index (χ1v) is 6.83. The molecule has 98 valence electrons. The number of amides is 1. The van der Waals surface area contributed by atoms with Gasteiger partial charge in [-0.1, -0.05) is 12.8 Å². The summed E-state index contributed by atoms with van der Waals surface area (Å²) < 4.78 is 5.22. The Bertz CT molecular complexity index is 244. The molecule has 4 heteroatoms. The number of nitrogens with one attached hydrogen (secondary N) is 1. The van der Waals surface area contributed by atoms with Gasteiger partial charge in [0.25, 0.3) is 0 Å². The third-order valence-corrected chi connectivity index (χ3v) is 3.93. The van der Waals surface area contributed by atoms with Crippen LogP contribution < -0.4 is 5.32 Å². The minimum atomic E-state index is 0.271. The summed E-state index contributed by atoms with van der Waals surface area (Å²) in [4.78, 5) is 14.0. The van der Waals surface area contributed by atoms with Crippen LogP contribution in [0.1, 0.15) is 38.5 Å². The fourth-order valence-corrected chi connectivity index (χ4v) is 2.59. The van der Waals surface area contributed by atoms with Crippen LogP contribution in [0.25, 0.3) is 0 Å². The molecule has 1 saturated carbocycles.